The van der Waals surface area contributed by atoms with Gasteiger partial charge in [0, 0.05) is 0 Å². The largest absolute Gasteiger partial charge is 0.505 e. The molecule has 0 bridgehead atoms. The minimum Gasteiger partial charge on any atom is -0.505 e. The number of esters is 1. The maximum Gasteiger partial charge on any atom is 0.452 e. The Morgan fingerprint density at radius 1 is 1.17 bits per heavy atom. The third-order valence-corrected chi connectivity index (χ3v) is 4.31. The van der Waals surface area contributed by atoms with Crippen LogP contribution in [0.25, 0.3) is 5.76 Å². The van der Waals surface area contributed by atoms with E-state index >= 15 is 0 Å². The number of hydrogen-bond donors (Lipinski definition) is 1. The van der Waals surface area contributed by atoms with Gasteiger partial charge < -0.3 is 14.6 Å². The summed E-state index contributed by atoms with van der Waals surface area (Å²) in [5.41, 5.74) is -0.801. The van der Waals surface area contributed by atoms with E-state index in [0.717, 1.165) is 18.4 Å². The third kappa shape index (κ3) is 5.19. The van der Waals surface area contributed by atoms with Gasteiger partial charge in [0.15, 0.2) is 5.76 Å². The lowest BCUT2D eigenvalue weighted by Crippen LogP contribution is -2.21. The molecule has 0 aliphatic heterocycles. The quantitative estimate of drug-likeness (QED) is 0.330. The molecule has 0 spiro atoms. The van der Waals surface area contributed by atoms with E-state index in [-0.39, 0.29) is 9.90 Å². The van der Waals surface area contributed by atoms with Crippen molar-refractivity contribution < 1.29 is 24.2 Å². The first kappa shape index (κ1) is 20.4. The van der Waals surface area contributed by atoms with Crippen LogP contribution in [0.5, 0.6) is 0 Å². The fourth-order valence-electron chi connectivity index (χ4n) is 1.50. The molecule has 0 aliphatic carbocycles. The molecule has 1 rings (SSSR count). The van der Waals surface area contributed by atoms with Crippen molar-refractivity contribution in [1.82, 2.24) is 0 Å². The standard InChI is InChI=1S/C14H16Cl2N2O5S/c1-6-7(11(16)24-10(6)15)9(19)8(12(20)22-5)17-18-13(21)23-14(2,3)4/h19H,1-5H3/b9-8+,18-17?. The zero-order chi connectivity index (χ0) is 18.7. The average molecular weight is 395 g/mol. The molecule has 0 saturated carbocycles. The van der Waals surface area contributed by atoms with Crippen molar-refractivity contribution in [3.05, 3.63) is 25.5 Å². The summed E-state index contributed by atoms with van der Waals surface area (Å²) in [5.74, 6) is -1.60. The highest BCUT2D eigenvalue weighted by Gasteiger charge is 2.24. The highest BCUT2D eigenvalue weighted by Crippen LogP contribution is 2.40. The van der Waals surface area contributed by atoms with Crippen LogP contribution in [0.4, 0.5) is 4.79 Å². The third-order valence-electron chi connectivity index (χ3n) is 2.51. The highest BCUT2D eigenvalue weighted by molar-refractivity contribution is 7.20. The second-order valence-corrected chi connectivity index (χ2v) is 7.74. The van der Waals surface area contributed by atoms with Crippen LogP contribution in [-0.4, -0.2) is 29.9 Å². The van der Waals surface area contributed by atoms with Crippen LogP contribution in [0, 0.1) is 6.92 Å². The maximum atomic E-state index is 11.8. The maximum absolute atomic E-state index is 11.8. The number of carbonyl (C=O) groups is 2. The monoisotopic (exact) mass is 394 g/mol. The number of amides is 1. The smallest absolute Gasteiger partial charge is 0.452 e. The number of thiophene rings is 1. The van der Waals surface area contributed by atoms with Gasteiger partial charge in [-0.1, -0.05) is 28.3 Å². The van der Waals surface area contributed by atoms with E-state index < -0.39 is 29.1 Å². The molecule has 0 fully saturated rings. The average Bonchev–Trinajstić information content (AvgIpc) is 2.69. The SMILES string of the molecule is COC(=O)/C(N=NC(=O)OC(C)(C)C)=C(\O)c1c(Cl)sc(Cl)c1C. The second-order valence-electron chi connectivity index (χ2n) is 5.52. The first-order valence-electron chi connectivity index (χ1n) is 6.59. The molecule has 0 saturated heterocycles. The zero-order valence-electron chi connectivity index (χ0n) is 13.6. The van der Waals surface area contributed by atoms with Crippen LogP contribution in [0.3, 0.4) is 0 Å². The second kappa shape index (κ2) is 7.96. The van der Waals surface area contributed by atoms with Gasteiger partial charge in [-0.3, -0.25) is 0 Å². The summed E-state index contributed by atoms with van der Waals surface area (Å²) in [6.45, 7) is 6.54. The van der Waals surface area contributed by atoms with Gasteiger partial charge in [0.05, 0.1) is 17.0 Å². The number of rotatable bonds is 3. The molecule has 0 unspecified atom stereocenters. The fraction of sp³-hybridized carbons (Fsp3) is 0.429. The predicted molar refractivity (Wildman–Crippen MR) is 91.7 cm³/mol. The first-order valence-corrected chi connectivity index (χ1v) is 8.16. The molecule has 24 heavy (non-hydrogen) atoms. The Bertz CT molecular complexity index is 719. The number of aliphatic hydroxyl groups is 1. The lowest BCUT2D eigenvalue weighted by atomic mass is 10.1. The minimum atomic E-state index is -1.03. The van der Waals surface area contributed by atoms with E-state index in [1.54, 1.807) is 27.7 Å². The zero-order valence-corrected chi connectivity index (χ0v) is 16.0. The van der Waals surface area contributed by atoms with Gasteiger partial charge in [0.1, 0.15) is 9.94 Å². The molecular formula is C14H16Cl2N2O5S. The van der Waals surface area contributed by atoms with Crippen LogP contribution >= 0.6 is 34.5 Å². The van der Waals surface area contributed by atoms with Crippen molar-refractivity contribution in [3.63, 3.8) is 0 Å². The van der Waals surface area contributed by atoms with Crippen molar-refractivity contribution in [2.75, 3.05) is 7.11 Å². The van der Waals surface area contributed by atoms with Crippen LogP contribution in [-0.2, 0) is 14.3 Å². The molecule has 1 amide bonds. The molecule has 132 valence electrons. The number of aliphatic hydroxyl groups excluding tert-OH is 1. The van der Waals surface area contributed by atoms with Gasteiger partial charge in [0.25, 0.3) is 0 Å². The lowest BCUT2D eigenvalue weighted by molar-refractivity contribution is -0.136. The Morgan fingerprint density at radius 2 is 1.75 bits per heavy atom. The highest BCUT2D eigenvalue weighted by atomic mass is 35.5. The Balaban J connectivity index is 3.31. The summed E-state index contributed by atoms with van der Waals surface area (Å²) in [5, 5.41) is 17.1. The molecule has 1 aromatic rings. The topological polar surface area (TPSA) is 97.6 Å². The summed E-state index contributed by atoms with van der Waals surface area (Å²) >= 11 is 13.0. The van der Waals surface area contributed by atoms with E-state index in [0.29, 0.717) is 9.90 Å². The summed E-state index contributed by atoms with van der Waals surface area (Å²) in [6.07, 6.45) is -1.03. The van der Waals surface area contributed by atoms with Crippen LogP contribution in [0.1, 0.15) is 31.9 Å². The summed E-state index contributed by atoms with van der Waals surface area (Å²) < 4.78 is 9.98. The van der Waals surface area contributed by atoms with Crippen molar-refractivity contribution in [3.8, 4) is 0 Å². The van der Waals surface area contributed by atoms with Gasteiger partial charge in [0.2, 0.25) is 5.70 Å². The minimum absolute atomic E-state index is 0.121. The van der Waals surface area contributed by atoms with Crippen molar-refractivity contribution in [1.29, 1.82) is 0 Å². The lowest BCUT2D eigenvalue weighted by Gasteiger charge is -2.16. The van der Waals surface area contributed by atoms with E-state index in [1.807, 2.05) is 0 Å². The molecule has 0 radical (unpaired) electrons. The molecule has 10 heteroatoms. The van der Waals surface area contributed by atoms with Gasteiger partial charge in [-0.15, -0.1) is 16.5 Å². The first-order chi connectivity index (χ1) is 11.0. The number of methoxy groups -OCH3 is 1. The Kier molecular flexibility index (Phi) is 6.76. The molecule has 1 heterocycles. The molecule has 1 aromatic heterocycles. The molecule has 0 aromatic carbocycles. The normalized spacial score (nSPS) is 13.0. The molecule has 0 atom stereocenters. The predicted octanol–water partition coefficient (Wildman–Crippen LogP) is 5.15. The van der Waals surface area contributed by atoms with Crippen LogP contribution in [0.15, 0.2) is 15.9 Å². The summed E-state index contributed by atoms with van der Waals surface area (Å²) in [7, 11) is 1.09. The number of nitrogens with zero attached hydrogens (tertiary/aromatic N) is 2. The number of halogens is 2. The Morgan fingerprint density at radius 3 is 2.17 bits per heavy atom. The van der Waals surface area contributed by atoms with E-state index in [2.05, 4.69) is 15.0 Å². The van der Waals surface area contributed by atoms with Crippen molar-refractivity contribution in [2.45, 2.75) is 33.3 Å². The molecule has 0 aliphatic rings. The van der Waals surface area contributed by atoms with Gasteiger partial charge in [-0.05, 0) is 33.3 Å². The molecule has 7 nitrogen and oxygen atoms in total. The summed E-state index contributed by atoms with van der Waals surface area (Å²) in [6, 6.07) is 0. The number of ether oxygens (including phenoxy) is 2. The number of carbonyl (C=O) groups excluding carboxylic acids is 2. The van der Waals surface area contributed by atoms with Gasteiger partial charge in [-0.25, -0.2) is 9.59 Å². The fourth-order valence-corrected chi connectivity index (χ4v) is 3.17. The van der Waals surface area contributed by atoms with E-state index in [1.165, 1.54) is 0 Å². The Hall–Kier alpha value is -1.64. The Labute approximate surface area is 152 Å². The van der Waals surface area contributed by atoms with Crippen LogP contribution in [0.2, 0.25) is 8.67 Å². The van der Waals surface area contributed by atoms with Gasteiger partial charge >= 0.3 is 12.1 Å². The van der Waals surface area contributed by atoms with Gasteiger partial charge in [-0.2, -0.15) is 0 Å². The van der Waals surface area contributed by atoms with Crippen LogP contribution < -0.4 is 0 Å². The molecule has 1 N–H and O–H groups in total. The van der Waals surface area contributed by atoms with Crippen molar-refractivity contribution >= 4 is 52.4 Å². The number of azo groups is 1. The van der Waals surface area contributed by atoms with Crippen molar-refractivity contribution in [2.24, 2.45) is 10.2 Å². The van der Waals surface area contributed by atoms with E-state index in [4.69, 9.17) is 27.9 Å². The molecular weight excluding hydrogens is 379 g/mol. The van der Waals surface area contributed by atoms with E-state index in [9.17, 15) is 14.7 Å². The number of hydrogen-bond acceptors (Lipinski definition) is 7. The summed E-state index contributed by atoms with van der Waals surface area (Å²) in [4.78, 5) is 23.4.